The van der Waals surface area contributed by atoms with Crippen LogP contribution in [0.2, 0.25) is 0 Å². The summed E-state index contributed by atoms with van der Waals surface area (Å²) in [5.41, 5.74) is 2.65. The monoisotopic (exact) mass is 406 g/mol. The number of aromatic nitrogens is 4. The maximum absolute atomic E-state index is 10.2. The smallest absolute Gasteiger partial charge is 0.209 e. The minimum Gasteiger partial charge on any atom is -0.378 e. The predicted molar refractivity (Wildman–Crippen MR) is 122 cm³/mol. The number of aliphatic hydroxyl groups is 1. The van der Waals surface area contributed by atoms with Crippen molar-refractivity contribution in [2.45, 2.75) is 52.3 Å². The third-order valence-corrected chi connectivity index (χ3v) is 5.02. The Morgan fingerprint density at radius 3 is 2.50 bits per heavy atom. The van der Waals surface area contributed by atoms with E-state index < -0.39 is 5.60 Å². The third kappa shape index (κ3) is 4.89. The van der Waals surface area contributed by atoms with E-state index in [1.54, 1.807) is 13.3 Å². The average Bonchev–Trinajstić information content (AvgIpc) is 3.15. The van der Waals surface area contributed by atoms with Crippen molar-refractivity contribution in [3.05, 3.63) is 42.0 Å². The zero-order valence-electron chi connectivity index (χ0n) is 18.6. The standard InChI is InChI=1S/C23H30N6O/c1-7-23(4,30)13-12-19-26-21(20-22(27-19)29(15-25-20)16(2)3)24-14-17-8-10-18(11-9-17)28(5)6/h8-11,15-16,30H,7,14H2,1-6H3,(H,24,26,27)/t23-/m0/s1. The van der Waals surface area contributed by atoms with Crippen molar-refractivity contribution < 1.29 is 5.11 Å². The molecule has 158 valence electrons. The molecule has 30 heavy (non-hydrogen) atoms. The summed E-state index contributed by atoms with van der Waals surface area (Å²) >= 11 is 0. The van der Waals surface area contributed by atoms with E-state index in [0.29, 0.717) is 30.1 Å². The maximum Gasteiger partial charge on any atom is 0.209 e. The molecule has 3 aromatic rings. The number of fused-ring (bicyclic) bond motifs is 1. The first kappa shape index (κ1) is 21.6. The average molecular weight is 407 g/mol. The highest BCUT2D eigenvalue weighted by molar-refractivity contribution is 5.83. The Morgan fingerprint density at radius 1 is 1.20 bits per heavy atom. The Labute approximate surface area is 178 Å². The second-order valence-corrected chi connectivity index (χ2v) is 8.11. The molecule has 0 saturated carbocycles. The summed E-state index contributed by atoms with van der Waals surface area (Å²) < 4.78 is 2.00. The number of hydrogen-bond acceptors (Lipinski definition) is 6. The first-order chi connectivity index (χ1) is 14.2. The molecule has 0 spiro atoms. The number of imidazole rings is 1. The van der Waals surface area contributed by atoms with E-state index in [0.717, 1.165) is 16.9 Å². The van der Waals surface area contributed by atoms with E-state index >= 15 is 0 Å². The number of hydrogen-bond donors (Lipinski definition) is 2. The molecule has 7 heteroatoms. The highest BCUT2D eigenvalue weighted by atomic mass is 16.3. The van der Waals surface area contributed by atoms with Crippen molar-refractivity contribution in [2.24, 2.45) is 0 Å². The molecule has 1 atom stereocenters. The summed E-state index contributed by atoms with van der Waals surface area (Å²) in [5.74, 6) is 6.80. The number of nitrogens with zero attached hydrogens (tertiary/aromatic N) is 5. The lowest BCUT2D eigenvalue weighted by atomic mass is 10.1. The van der Waals surface area contributed by atoms with Crippen LogP contribution in [0.5, 0.6) is 0 Å². The normalized spacial score (nSPS) is 13.1. The molecule has 0 fully saturated rings. The Hall–Kier alpha value is -3.11. The lowest BCUT2D eigenvalue weighted by molar-refractivity contribution is 0.118. The fourth-order valence-electron chi connectivity index (χ4n) is 2.85. The van der Waals surface area contributed by atoms with Gasteiger partial charge in [-0.15, -0.1) is 0 Å². The summed E-state index contributed by atoms with van der Waals surface area (Å²) in [6.45, 7) is 8.34. The summed E-state index contributed by atoms with van der Waals surface area (Å²) in [7, 11) is 4.04. The highest BCUT2D eigenvalue weighted by Gasteiger charge is 2.16. The second-order valence-electron chi connectivity index (χ2n) is 8.11. The molecular formula is C23H30N6O. The van der Waals surface area contributed by atoms with Crippen LogP contribution in [0.25, 0.3) is 11.2 Å². The van der Waals surface area contributed by atoms with Crippen LogP contribution >= 0.6 is 0 Å². The van der Waals surface area contributed by atoms with Crippen molar-refractivity contribution in [1.82, 2.24) is 19.5 Å². The van der Waals surface area contributed by atoms with Gasteiger partial charge >= 0.3 is 0 Å². The lowest BCUT2D eigenvalue weighted by Gasteiger charge is -2.13. The third-order valence-electron chi connectivity index (χ3n) is 5.02. The Bertz CT molecular complexity index is 1070. The number of benzene rings is 1. The number of rotatable bonds is 6. The van der Waals surface area contributed by atoms with Gasteiger partial charge in [0.15, 0.2) is 17.0 Å². The van der Waals surface area contributed by atoms with Gasteiger partial charge in [-0.05, 0) is 50.8 Å². The largest absolute Gasteiger partial charge is 0.378 e. The lowest BCUT2D eigenvalue weighted by Crippen LogP contribution is -2.19. The van der Waals surface area contributed by atoms with Crippen LogP contribution in [0.3, 0.4) is 0 Å². The molecule has 0 aliphatic rings. The molecule has 0 unspecified atom stereocenters. The summed E-state index contributed by atoms with van der Waals surface area (Å²) in [6.07, 6.45) is 2.31. The molecule has 1 aromatic carbocycles. The van der Waals surface area contributed by atoms with Crippen molar-refractivity contribution >= 4 is 22.7 Å². The number of anilines is 2. The van der Waals surface area contributed by atoms with Crippen molar-refractivity contribution in [3.8, 4) is 11.8 Å². The number of nitrogens with one attached hydrogen (secondary N) is 1. The van der Waals surface area contributed by atoms with Gasteiger partial charge in [0.05, 0.1) is 6.33 Å². The molecule has 0 radical (unpaired) electrons. The van der Waals surface area contributed by atoms with Gasteiger partial charge in [0.1, 0.15) is 5.60 Å². The van der Waals surface area contributed by atoms with Crippen LogP contribution in [-0.2, 0) is 6.54 Å². The van der Waals surface area contributed by atoms with E-state index in [-0.39, 0.29) is 6.04 Å². The predicted octanol–water partition coefficient (Wildman–Crippen LogP) is 3.60. The zero-order valence-corrected chi connectivity index (χ0v) is 18.6. The SMILES string of the molecule is CC[C@](C)(O)C#Cc1nc(NCc2ccc(N(C)C)cc2)c2ncn(C(C)C)c2n1. The van der Waals surface area contributed by atoms with Crippen LogP contribution in [0.4, 0.5) is 11.5 Å². The maximum atomic E-state index is 10.2. The minimum absolute atomic E-state index is 0.205. The molecule has 3 rings (SSSR count). The van der Waals surface area contributed by atoms with E-state index in [4.69, 9.17) is 0 Å². The fourth-order valence-corrected chi connectivity index (χ4v) is 2.85. The van der Waals surface area contributed by atoms with Crippen LogP contribution in [0.15, 0.2) is 30.6 Å². The minimum atomic E-state index is -1.07. The van der Waals surface area contributed by atoms with Gasteiger partial charge in [0.2, 0.25) is 5.82 Å². The molecule has 2 heterocycles. The van der Waals surface area contributed by atoms with Gasteiger partial charge in [0, 0.05) is 32.4 Å². The van der Waals surface area contributed by atoms with Crippen LogP contribution < -0.4 is 10.2 Å². The topological polar surface area (TPSA) is 79.1 Å². The Morgan fingerprint density at radius 2 is 1.90 bits per heavy atom. The molecule has 7 nitrogen and oxygen atoms in total. The molecule has 0 saturated heterocycles. The van der Waals surface area contributed by atoms with E-state index in [1.165, 1.54) is 0 Å². The summed E-state index contributed by atoms with van der Waals surface area (Å²) in [4.78, 5) is 15.8. The van der Waals surface area contributed by atoms with Crippen LogP contribution in [0, 0.1) is 11.8 Å². The van der Waals surface area contributed by atoms with Gasteiger partial charge in [-0.2, -0.15) is 0 Å². The molecule has 2 aromatic heterocycles. The molecule has 0 amide bonds. The zero-order chi connectivity index (χ0) is 21.9. The second kappa shape index (κ2) is 8.72. The molecule has 0 aliphatic heterocycles. The first-order valence-electron chi connectivity index (χ1n) is 10.2. The van der Waals surface area contributed by atoms with Gasteiger partial charge in [-0.3, -0.25) is 0 Å². The summed E-state index contributed by atoms with van der Waals surface area (Å²) in [5, 5.41) is 13.6. The molecule has 2 N–H and O–H groups in total. The highest BCUT2D eigenvalue weighted by Crippen LogP contribution is 2.23. The van der Waals surface area contributed by atoms with E-state index in [1.807, 2.05) is 25.6 Å². The first-order valence-corrected chi connectivity index (χ1v) is 10.2. The summed E-state index contributed by atoms with van der Waals surface area (Å²) in [6, 6.07) is 8.56. The van der Waals surface area contributed by atoms with Crippen molar-refractivity contribution in [2.75, 3.05) is 24.3 Å². The van der Waals surface area contributed by atoms with Crippen LogP contribution in [0.1, 0.15) is 51.5 Å². The Kier molecular flexibility index (Phi) is 6.28. The van der Waals surface area contributed by atoms with E-state index in [9.17, 15) is 5.11 Å². The quantitative estimate of drug-likeness (QED) is 0.609. The Balaban J connectivity index is 1.95. The molecule has 0 bridgehead atoms. The van der Waals surface area contributed by atoms with Gasteiger partial charge < -0.3 is 19.9 Å². The van der Waals surface area contributed by atoms with Gasteiger partial charge in [-0.1, -0.05) is 25.0 Å². The van der Waals surface area contributed by atoms with Crippen molar-refractivity contribution in [3.63, 3.8) is 0 Å². The molecule has 0 aliphatic carbocycles. The van der Waals surface area contributed by atoms with Gasteiger partial charge in [0.25, 0.3) is 0 Å². The van der Waals surface area contributed by atoms with E-state index in [2.05, 4.69) is 75.1 Å². The molecular weight excluding hydrogens is 376 g/mol. The van der Waals surface area contributed by atoms with Crippen molar-refractivity contribution in [1.29, 1.82) is 0 Å². The van der Waals surface area contributed by atoms with Gasteiger partial charge in [-0.25, -0.2) is 15.0 Å². The van der Waals surface area contributed by atoms with Crippen LogP contribution in [-0.4, -0.2) is 44.3 Å². The fraction of sp³-hybridized carbons (Fsp3) is 0.435.